The fourth-order valence-electron chi connectivity index (χ4n) is 2.34. The number of pyridine rings is 2. The number of hydrogen-bond donors (Lipinski definition) is 2. The molecule has 8 heteroatoms. The lowest BCUT2D eigenvalue weighted by molar-refractivity contribution is 0.0527. The molecule has 1 aromatic carbocycles. The van der Waals surface area contributed by atoms with E-state index in [1.807, 2.05) is 0 Å². The van der Waals surface area contributed by atoms with Crippen molar-refractivity contribution in [3.05, 3.63) is 48.2 Å². The zero-order valence-corrected chi connectivity index (χ0v) is 15.0. The van der Waals surface area contributed by atoms with Crippen LogP contribution in [0.5, 0.6) is 11.6 Å². The van der Waals surface area contributed by atoms with E-state index in [1.165, 1.54) is 13.3 Å². The summed E-state index contributed by atoms with van der Waals surface area (Å²) in [6, 6.07) is 9.93. The van der Waals surface area contributed by atoms with Gasteiger partial charge in [-0.3, -0.25) is 4.98 Å². The van der Waals surface area contributed by atoms with E-state index in [9.17, 15) is 9.90 Å². The number of fused-ring (bicyclic) bond motifs is 1. The fraction of sp³-hybridized carbons (Fsp3) is 0.167. The zero-order valence-electron chi connectivity index (χ0n) is 14.2. The predicted molar refractivity (Wildman–Crippen MR) is 101 cm³/mol. The van der Waals surface area contributed by atoms with Gasteiger partial charge in [0.25, 0.3) is 0 Å². The summed E-state index contributed by atoms with van der Waals surface area (Å²) in [6.45, 7) is 1.99. The number of ether oxygens (including phenoxy) is 2. The van der Waals surface area contributed by atoms with Gasteiger partial charge in [0.15, 0.2) is 0 Å². The minimum absolute atomic E-state index is 0. The molecule has 0 saturated carbocycles. The van der Waals surface area contributed by atoms with Crippen molar-refractivity contribution >= 4 is 40.8 Å². The Morgan fingerprint density at radius 1 is 1.19 bits per heavy atom. The highest BCUT2D eigenvalue weighted by Gasteiger charge is 2.18. The number of carbonyl (C=O) groups is 1. The largest absolute Gasteiger partial charge is 0.508 e. The Bertz CT molecular complexity index is 916. The van der Waals surface area contributed by atoms with E-state index < -0.39 is 5.97 Å². The molecule has 0 radical (unpaired) electrons. The van der Waals surface area contributed by atoms with Crippen molar-refractivity contribution < 1.29 is 19.4 Å². The maximum Gasteiger partial charge on any atom is 0.341 e. The molecule has 0 aliphatic rings. The second kappa shape index (κ2) is 8.35. The molecule has 3 rings (SSSR count). The van der Waals surface area contributed by atoms with Crippen LogP contribution in [-0.2, 0) is 4.74 Å². The van der Waals surface area contributed by atoms with Crippen LogP contribution >= 0.6 is 12.4 Å². The summed E-state index contributed by atoms with van der Waals surface area (Å²) >= 11 is 0. The van der Waals surface area contributed by atoms with E-state index in [0.717, 1.165) is 0 Å². The number of aromatic nitrogens is 2. The zero-order chi connectivity index (χ0) is 17.8. The molecule has 0 aliphatic carbocycles. The van der Waals surface area contributed by atoms with Crippen LogP contribution in [0.1, 0.15) is 17.3 Å². The van der Waals surface area contributed by atoms with Crippen molar-refractivity contribution in [2.45, 2.75) is 6.92 Å². The molecular formula is C18H18ClN3O4. The first-order chi connectivity index (χ1) is 12.1. The lowest BCUT2D eigenvalue weighted by Gasteiger charge is -2.14. The van der Waals surface area contributed by atoms with Crippen LogP contribution in [0.15, 0.2) is 42.6 Å². The third-order valence-electron chi connectivity index (χ3n) is 3.53. The third kappa shape index (κ3) is 3.94. The number of phenolic OH excluding ortho intramolecular Hbond substituents is 1. The summed E-state index contributed by atoms with van der Waals surface area (Å²) < 4.78 is 10.3. The standard InChI is InChI=1S/C18H17N3O4.ClH/c1-3-25-18(23)13-10-19-14-8-9-15(24-2)21-17(14)16(13)20-11-4-6-12(22)7-5-11;/h4-10,22H,3H2,1-2H3,(H,19,20);1H. The summed E-state index contributed by atoms with van der Waals surface area (Å²) in [4.78, 5) is 21.0. The number of hydrogen-bond acceptors (Lipinski definition) is 7. The third-order valence-corrected chi connectivity index (χ3v) is 3.53. The highest BCUT2D eigenvalue weighted by atomic mass is 35.5. The van der Waals surface area contributed by atoms with Gasteiger partial charge in [0, 0.05) is 18.0 Å². The van der Waals surface area contributed by atoms with Gasteiger partial charge in [-0.15, -0.1) is 12.4 Å². The molecule has 0 spiro atoms. The van der Waals surface area contributed by atoms with Gasteiger partial charge in [-0.05, 0) is 37.3 Å². The van der Waals surface area contributed by atoms with E-state index in [2.05, 4.69) is 15.3 Å². The van der Waals surface area contributed by atoms with Gasteiger partial charge in [-0.25, -0.2) is 9.78 Å². The summed E-state index contributed by atoms with van der Waals surface area (Å²) in [6.07, 6.45) is 1.46. The number of anilines is 2. The molecule has 2 heterocycles. The van der Waals surface area contributed by atoms with Gasteiger partial charge in [-0.2, -0.15) is 0 Å². The van der Waals surface area contributed by atoms with Gasteiger partial charge in [0.2, 0.25) is 5.88 Å². The van der Waals surface area contributed by atoms with Gasteiger partial charge in [-0.1, -0.05) is 0 Å². The summed E-state index contributed by atoms with van der Waals surface area (Å²) in [5.41, 5.74) is 2.50. The number of nitrogens with one attached hydrogen (secondary N) is 1. The molecule has 0 unspecified atom stereocenters. The molecule has 0 saturated heterocycles. The molecule has 2 aromatic heterocycles. The summed E-state index contributed by atoms with van der Waals surface area (Å²) in [7, 11) is 1.52. The van der Waals surface area contributed by atoms with Crippen molar-refractivity contribution in [3.63, 3.8) is 0 Å². The SMILES string of the molecule is CCOC(=O)c1cnc2ccc(OC)nc2c1Nc1ccc(O)cc1.Cl. The highest BCUT2D eigenvalue weighted by Crippen LogP contribution is 2.30. The van der Waals surface area contributed by atoms with Crippen LogP contribution in [-0.4, -0.2) is 34.8 Å². The van der Waals surface area contributed by atoms with Crippen LogP contribution in [0.25, 0.3) is 11.0 Å². The maximum absolute atomic E-state index is 12.3. The van der Waals surface area contributed by atoms with Crippen molar-refractivity contribution in [2.24, 2.45) is 0 Å². The van der Waals surface area contributed by atoms with Crippen LogP contribution in [0, 0.1) is 0 Å². The van der Waals surface area contributed by atoms with Crippen molar-refractivity contribution in [1.29, 1.82) is 0 Å². The Labute approximate surface area is 156 Å². The van der Waals surface area contributed by atoms with Gasteiger partial charge in [0.1, 0.15) is 16.8 Å². The Morgan fingerprint density at radius 3 is 2.58 bits per heavy atom. The minimum atomic E-state index is -0.497. The van der Waals surface area contributed by atoms with Gasteiger partial charge >= 0.3 is 5.97 Å². The molecule has 26 heavy (non-hydrogen) atoms. The fourth-order valence-corrected chi connectivity index (χ4v) is 2.34. The van der Waals surface area contributed by atoms with E-state index in [1.54, 1.807) is 43.3 Å². The highest BCUT2D eigenvalue weighted by molar-refractivity contribution is 6.04. The summed E-state index contributed by atoms with van der Waals surface area (Å²) in [5.74, 6) is 0.0578. The van der Waals surface area contributed by atoms with Crippen LogP contribution in [0.4, 0.5) is 11.4 Å². The number of benzene rings is 1. The molecule has 0 amide bonds. The smallest absolute Gasteiger partial charge is 0.341 e. The lowest BCUT2D eigenvalue weighted by atomic mass is 10.1. The molecule has 0 atom stereocenters. The quantitative estimate of drug-likeness (QED) is 0.518. The Kier molecular flexibility index (Phi) is 6.19. The number of phenols is 1. The summed E-state index contributed by atoms with van der Waals surface area (Å²) in [5, 5.41) is 12.6. The van der Waals surface area contributed by atoms with Crippen molar-refractivity contribution in [1.82, 2.24) is 9.97 Å². The van der Waals surface area contributed by atoms with Crippen molar-refractivity contribution in [3.8, 4) is 11.6 Å². The number of aromatic hydroxyl groups is 1. The van der Waals surface area contributed by atoms with Crippen molar-refractivity contribution in [2.75, 3.05) is 19.0 Å². The van der Waals surface area contributed by atoms with Gasteiger partial charge < -0.3 is 19.9 Å². The molecule has 0 aliphatic heterocycles. The lowest BCUT2D eigenvalue weighted by Crippen LogP contribution is -2.10. The first-order valence-corrected chi connectivity index (χ1v) is 7.69. The first-order valence-electron chi connectivity index (χ1n) is 7.69. The minimum Gasteiger partial charge on any atom is -0.508 e. The van der Waals surface area contributed by atoms with Crippen LogP contribution < -0.4 is 10.1 Å². The van der Waals surface area contributed by atoms with Gasteiger partial charge in [0.05, 0.1) is 24.9 Å². The number of carbonyl (C=O) groups excluding carboxylic acids is 1. The number of methoxy groups -OCH3 is 1. The normalized spacial score (nSPS) is 10.1. The Morgan fingerprint density at radius 2 is 1.92 bits per heavy atom. The van der Waals surface area contributed by atoms with Crippen LogP contribution in [0.2, 0.25) is 0 Å². The average molecular weight is 376 g/mol. The molecule has 3 aromatic rings. The second-order valence-corrected chi connectivity index (χ2v) is 5.16. The van der Waals surface area contributed by atoms with E-state index in [4.69, 9.17) is 9.47 Å². The molecule has 2 N–H and O–H groups in total. The average Bonchev–Trinajstić information content (AvgIpc) is 2.63. The predicted octanol–water partition coefficient (Wildman–Crippen LogP) is 3.69. The van der Waals surface area contributed by atoms with E-state index in [-0.39, 0.29) is 30.3 Å². The first kappa shape index (κ1) is 19.3. The number of rotatable bonds is 5. The maximum atomic E-state index is 12.3. The van der Waals surface area contributed by atoms with E-state index in [0.29, 0.717) is 28.3 Å². The molecule has 0 fully saturated rings. The van der Waals surface area contributed by atoms with E-state index >= 15 is 0 Å². The number of halogens is 1. The Hall–Kier alpha value is -3.06. The second-order valence-electron chi connectivity index (χ2n) is 5.16. The number of esters is 1. The molecule has 7 nitrogen and oxygen atoms in total. The van der Waals surface area contributed by atoms with Crippen LogP contribution in [0.3, 0.4) is 0 Å². The molecule has 136 valence electrons. The molecule has 0 bridgehead atoms. The Balaban J connectivity index is 0.00000243. The molecular weight excluding hydrogens is 358 g/mol. The monoisotopic (exact) mass is 375 g/mol. The number of nitrogens with zero attached hydrogens (tertiary/aromatic N) is 2. The topological polar surface area (TPSA) is 93.6 Å².